The zero-order chi connectivity index (χ0) is 14.2. The number of fused-ring (bicyclic) bond motifs is 1. The van der Waals surface area contributed by atoms with Crippen molar-refractivity contribution in [1.29, 1.82) is 0 Å². The number of carbonyl (C=O) groups excluding carboxylic acids is 2. The van der Waals surface area contributed by atoms with Crippen LogP contribution in [0.25, 0.3) is 10.8 Å². The first-order valence-electron chi connectivity index (χ1n) is 5.11. The summed E-state index contributed by atoms with van der Waals surface area (Å²) in [4.78, 5) is 33.7. The quantitative estimate of drug-likeness (QED) is 0.882. The summed E-state index contributed by atoms with van der Waals surface area (Å²) in [5.41, 5.74) is 0.0366. The van der Waals surface area contributed by atoms with Crippen LogP contribution in [0.1, 0.15) is 31.1 Å². The first-order chi connectivity index (χ1) is 8.91. The molecule has 0 heterocycles. The van der Waals surface area contributed by atoms with Crippen LogP contribution < -0.4 is 0 Å². The minimum Gasteiger partial charge on any atom is -0.478 e. The van der Waals surface area contributed by atoms with E-state index in [1.165, 1.54) is 24.3 Å². The molecule has 0 saturated carbocycles. The third kappa shape index (κ3) is 2.45. The lowest BCUT2D eigenvalue weighted by Crippen LogP contribution is -2.02. The molecule has 0 aromatic heterocycles. The number of carbonyl (C=O) groups is 3. The second-order valence-corrected chi connectivity index (χ2v) is 4.46. The van der Waals surface area contributed by atoms with Crippen LogP contribution in [0.15, 0.2) is 30.3 Å². The van der Waals surface area contributed by atoms with Crippen molar-refractivity contribution >= 4 is 50.4 Å². The molecular weight excluding hydrogens is 291 g/mol. The summed E-state index contributed by atoms with van der Waals surface area (Å²) in [6.45, 7) is 0. The van der Waals surface area contributed by atoms with E-state index in [4.69, 9.17) is 28.3 Å². The van der Waals surface area contributed by atoms with E-state index < -0.39 is 16.5 Å². The minimum absolute atomic E-state index is 0.0202. The van der Waals surface area contributed by atoms with Crippen molar-refractivity contribution in [3.05, 3.63) is 47.0 Å². The van der Waals surface area contributed by atoms with Crippen molar-refractivity contribution in [2.75, 3.05) is 0 Å². The smallest absolute Gasteiger partial charge is 0.336 e. The number of hydrogen-bond acceptors (Lipinski definition) is 3. The zero-order valence-corrected chi connectivity index (χ0v) is 10.8. The van der Waals surface area contributed by atoms with Gasteiger partial charge in [0, 0.05) is 11.1 Å². The molecule has 6 heteroatoms. The molecule has 2 aromatic rings. The molecule has 1 N–H and O–H groups in total. The van der Waals surface area contributed by atoms with E-state index in [1.807, 2.05) is 0 Å². The van der Waals surface area contributed by atoms with Crippen molar-refractivity contribution in [3.8, 4) is 0 Å². The van der Waals surface area contributed by atoms with Crippen molar-refractivity contribution < 1.29 is 19.5 Å². The highest BCUT2D eigenvalue weighted by atomic mass is 35.5. The van der Waals surface area contributed by atoms with Gasteiger partial charge in [0.05, 0.1) is 5.56 Å². The Hall–Kier alpha value is -1.91. The van der Waals surface area contributed by atoms with Crippen LogP contribution in [0.3, 0.4) is 0 Å². The standard InChI is InChI=1S/C13H6Cl2O4/c14-11(16)6-4-9-7(10(5-6)12(15)17)2-1-3-8(9)13(18)19/h1-5H,(H,18,19). The molecule has 0 radical (unpaired) electrons. The number of carboxylic acid groups (broad SMARTS) is 1. The first-order valence-corrected chi connectivity index (χ1v) is 5.87. The maximum atomic E-state index is 11.4. The molecule has 0 fully saturated rings. The van der Waals surface area contributed by atoms with Crippen molar-refractivity contribution in [2.45, 2.75) is 0 Å². The summed E-state index contributed by atoms with van der Waals surface area (Å²) in [5, 5.41) is 8.13. The second kappa shape index (κ2) is 4.99. The zero-order valence-electron chi connectivity index (χ0n) is 9.31. The molecule has 0 aliphatic carbocycles. The van der Waals surface area contributed by atoms with E-state index in [9.17, 15) is 14.4 Å². The predicted molar refractivity (Wildman–Crippen MR) is 71.3 cm³/mol. The van der Waals surface area contributed by atoms with E-state index in [0.29, 0.717) is 5.39 Å². The molecule has 0 amide bonds. The van der Waals surface area contributed by atoms with E-state index in [2.05, 4.69) is 0 Å². The number of rotatable bonds is 3. The van der Waals surface area contributed by atoms with Crippen molar-refractivity contribution in [2.24, 2.45) is 0 Å². The Morgan fingerprint density at radius 1 is 0.895 bits per heavy atom. The summed E-state index contributed by atoms with van der Waals surface area (Å²) in [5.74, 6) is -1.17. The van der Waals surface area contributed by atoms with Gasteiger partial charge in [-0.25, -0.2) is 4.79 Å². The topological polar surface area (TPSA) is 71.4 Å². The van der Waals surface area contributed by atoms with Gasteiger partial charge in [0.15, 0.2) is 0 Å². The van der Waals surface area contributed by atoms with Gasteiger partial charge < -0.3 is 5.11 Å². The highest BCUT2D eigenvalue weighted by molar-refractivity contribution is 6.70. The summed E-state index contributed by atoms with van der Waals surface area (Å²) in [7, 11) is 0. The predicted octanol–water partition coefficient (Wildman–Crippen LogP) is 3.30. The van der Waals surface area contributed by atoms with E-state index in [1.54, 1.807) is 6.07 Å². The summed E-state index contributed by atoms with van der Waals surface area (Å²) >= 11 is 10.8. The lowest BCUT2D eigenvalue weighted by molar-refractivity contribution is 0.0698. The fourth-order valence-electron chi connectivity index (χ4n) is 1.85. The van der Waals surface area contributed by atoms with E-state index >= 15 is 0 Å². The van der Waals surface area contributed by atoms with Crippen LogP contribution in [0.5, 0.6) is 0 Å². The highest BCUT2D eigenvalue weighted by Crippen LogP contribution is 2.26. The molecule has 0 bridgehead atoms. The monoisotopic (exact) mass is 296 g/mol. The summed E-state index contributed by atoms with van der Waals surface area (Å²) in [6, 6.07) is 7.00. The van der Waals surface area contributed by atoms with Crippen LogP contribution >= 0.6 is 23.2 Å². The molecule has 2 rings (SSSR count). The Bertz CT molecular complexity index is 722. The number of benzene rings is 2. The largest absolute Gasteiger partial charge is 0.478 e. The average Bonchev–Trinajstić information content (AvgIpc) is 2.36. The molecular formula is C13H6Cl2O4. The maximum absolute atomic E-state index is 11.4. The van der Waals surface area contributed by atoms with Gasteiger partial charge in [-0.15, -0.1) is 0 Å². The Kier molecular flexibility index (Phi) is 3.55. The van der Waals surface area contributed by atoms with Gasteiger partial charge in [-0.1, -0.05) is 12.1 Å². The van der Waals surface area contributed by atoms with Crippen LogP contribution in [0.2, 0.25) is 0 Å². The molecule has 0 aliphatic rings. The molecule has 19 heavy (non-hydrogen) atoms. The third-order valence-corrected chi connectivity index (χ3v) is 3.09. The van der Waals surface area contributed by atoms with Gasteiger partial charge >= 0.3 is 5.97 Å². The van der Waals surface area contributed by atoms with Crippen LogP contribution in [0.4, 0.5) is 0 Å². The van der Waals surface area contributed by atoms with Gasteiger partial charge in [0.2, 0.25) is 0 Å². The van der Waals surface area contributed by atoms with E-state index in [-0.39, 0.29) is 22.1 Å². The van der Waals surface area contributed by atoms with Gasteiger partial charge in [-0.05, 0) is 52.2 Å². The average molecular weight is 297 g/mol. The number of hydrogen-bond donors (Lipinski definition) is 1. The fourth-order valence-corrected chi connectivity index (χ4v) is 2.11. The number of carboxylic acids is 1. The minimum atomic E-state index is -1.17. The molecule has 0 saturated heterocycles. The molecule has 0 aliphatic heterocycles. The maximum Gasteiger partial charge on any atom is 0.336 e. The Balaban J connectivity index is 2.95. The van der Waals surface area contributed by atoms with Crippen LogP contribution in [-0.4, -0.2) is 21.6 Å². The Labute approximate surface area is 117 Å². The fraction of sp³-hybridized carbons (Fsp3) is 0. The lowest BCUT2D eigenvalue weighted by atomic mass is 9.98. The molecule has 96 valence electrons. The Morgan fingerprint density at radius 3 is 2.11 bits per heavy atom. The number of halogens is 2. The van der Waals surface area contributed by atoms with Crippen molar-refractivity contribution in [1.82, 2.24) is 0 Å². The van der Waals surface area contributed by atoms with Gasteiger partial charge in [-0.3, -0.25) is 9.59 Å². The van der Waals surface area contributed by atoms with Crippen LogP contribution in [0, 0.1) is 0 Å². The summed E-state index contributed by atoms with van der Waals surface area (Å²) in [6.07, 6.45) is 0. The molecule has 0 atom stereocenters. The molecule has 0 spiro atoms. The highest BCUT2D eigenvalue weighted by Gasteiger charge is 2.16. The first kappa shape index (κ1) is 13.5. The SMILES string of the molecule is O=C(Cl)c1cc(C(=O)Cl)c2cccc(C(=O)O)c2c1. The molecule has 0 unspecified atom stereocenters. The molecule has 4 nitrogen and oxygen atoms in total. The molecule has 2 aromatic carbocycles. The van der Waals surface area contributed by atoms with Crippen molar-refractivity contribution in [3.63, 3.8) is 0 Å². The lowest BCUT2D eigenvalue weighted by Gasteiger charge is -2.07. The van der Waals surface area contributed by atoms with Gasteiger partial charge in [-0.2, -0.15) is 0 Å². The Morgan fingerprint density at radius 2 is 1.58 bits per heavy atom. The third-order valence-electron chi connectivity index (χ3n) is 2.67. The summed E-state index contributed by atoms with van der Waals surface area (Å²) < 4.78 is 0. The van der Waals surface area contributed by atoms with Crippen LogP contribution in [-0.2, 0) is 0 Å². The normalized spacial score (nSPS) is 10.4. The van der Waals surface area contributed by atoms with E-state index in [0.717, 1.165) is 0 Å². The second-order valence-electron chi connectivity index (χ2n) is 3.78. The van der Waals surface area contributed by atoms with Gasteiger partial charge in [0.25, 0.3) is 10.5 Å². The van der Waals surface area contributed by atoms with Gasteiger partial charge in [0.1, 0.15) is 0 Å². The number of aromatic carboxylic acids is 1.